The number of carbonyl (C=O) groups is 1. The van der Waals surface area contributed by atoms with Crippen LogP contribution in [-0.4, -0.2) is 53.2 Å². The van der Waals surface area contributed by atoms with Gasteiger partial charge in [-0.1, -0.05) is 12.1 Å². The summed E-state index contributed by atoms with van der Waals surface area (Å²) in [6.45, 7) is 0.365. The molecule has 1 aromatic carbocycles. The third-order valence-electron chi connectivity index (χ3n) is 5.21. The molecule has 0 bridgehead atoms. The summed E-state index contributed by atoms with van der Waals surface area (Å²) in [5, 5.41) is 9.04. The Bertz CT molecular complexity index is 1560. The number of aromatic amines is 1. The minimum absolute atomic E-state index is 0.0199. The Morgan fingerprint density at radius 2 is 1.91 bits per heavy atom. The molecule has 0 fully saturated rings. The largest absolute Gasteiger partial charge is 0.405 e. The number of alkyl halides is 3. The van der Waals surface area contributed by atoms with E-state index in [9.17, 15) is 18.0 Å². The molecule has 35 heavy (non-hydrogen) atoms. The van der Waals surface area contributed by atoms with Crippen molar-refractivity contribution in [1.82, 2.24) is 39.9 Å². The minimum atomic E-state index is -4.55. The molecule has 0 aliphatic heterocycles. The summed E-state index contributed by atoms with van der Waals surface area (Å²) in [7, 11) is 0. The predicted molar refractivity (Wildman–Crippen MR) is 121 cm³/mol. The molecule has 0 radical (unpaired) electrons. The van der Waals surface area contributed by atoms with E-state index in [-0.39, 0.29) is 11.4 Å². The van der Waals surface area contributed by atoms with Gasteiger partial charge < -0.3 is 21.4 Å². The topological polar surface area (TPSA) is 152 Å². The highest BCUT2D eigenvalue weighted by atomic mass is 19.4. The summed E-state index contributed by atoms with van der Waals surface area (Å²) >= 11 is 0. The van der Waals surface area contributed by atoms with Gasteiger partial charge in [-0.2, -0.15) is 23.3 Å². The van der Waals surface area contributed by atoms with Crippen molar-refractivity contribution in [2.75, 3.05) is 17.6 Å². The fourth-order valence-electron chi connectivity index (χ4n) is 3.64. The monoisotopic (exact) mass is 482 g/mol. The van der Waals surface area contributed by atoms with E-state index in [0.717, 1.165) is 5.69 Å². The minimum Gasteiger partial charge on any atom is -0.382 e. The molecule has 0 saturated carbocycles. The molecule has 0 spiro atoms. The number of carbonyl (C=O) groups excluding carboxylic acids is 1. The van der Waals surface area contributed by atoms with E-state index >= 15 is 0 Å². The van der Waals surface area contributed by atoms with Crippen molar-refractivity contribution in [3.05, 3.63) is 54.4 Å². The van der Waals surface area contributed by atoms with Gasteiger partial charge in [0.1, 0.15) is 30.2 Å². The van der Waals surface area contributed by atoms with Crippen molar-refractivity contribution in [1.29, 1.82) is 0 Å². The lowest BCUT2D eigenvalue weighted by molar-refractivity contribution is -0.123. The number of nitrogens with one attached hydrogen (secondary N) is 3. The van der Waals surface area contributed by atoms with Crippen molar-refractivity contribution in [3.8, 4) is 11.1 Å². The second kappa shape index (κ2) is 8.23. The highest BCUT2D eigenvalue weighted by Gasteiger charge is 2.29. The van der Waals surface area contributed by atoms with Crippen LogP contribution >= 0.6 is 0 Å². The second-order valence-electron chi connectivity index (χ2n) is 7.60. The molecule has 1 amide bonds. The Morgan fingerprint density at radius 1 is 1.14 bits per heavy atom. The number of rotatable bonds is 5. The van der Waals surface area contributed by atoms with Crippen LogP contribution in [0.1, 0.15) is 16.1 Å². The standard InChI is InChI=1S/C21H17F3N10O/c1-10-15-18(29-8-27-10)33-20(32-15)31-12-4-2-11(3-5-12)14-13(19(35)26-7-21(22,23)24)6-34-16(14)17(25)28-9-30-34/h2-6,8-9H,7H2,1H3,(H,26,35)(H2,25,28,30)(H2,27,29,31,32,33). The number of benzene rings is 1. The maximum absolute atomic E-state index is 12.7. The van der Waals surface area contributed by atoms with Crippen LogP contribution < -0.4 is 16.4 Å². The maximum Gasteiger partial charge on any atom is 0.405 e. The zero-order valence-corrected chi connectivity index (χ0v) is 18.1. The molecular weight excluding hydrogens is 465 g/mol. The summed E-state index contributed by atoms with van der Waals surface area (Å²) in [6, 6.07) is 6.83. The lowest BCUT2D eigenvalue weighted by atomic mass is 10.0. The molecule has 11 nitrogen and oxygen atoms in total. The van der Waals surface area contributed by atoms with E-state index in [4.69, 9.17) is 5.73 Å². The van der Waals surface area contributed by atoms with Gasteiger partial charge >= 0.3 is 6.18 Å². The van der Waals surface area contributed by atoms with Gasteiger partial charge in [-0.15, -0.1) is 0 Å². The number of imidazole rings is 1. The van der Waals surface area contributed by atoms with E-state index < -0.39 is 18.6 Å². The molecule has 0 saturated heterocycles. The Balaban J connectivity index is 1.49. The van der Waals surface area contributed by atoms with E-state index in [1.165, 1.54) is 23.4 Å². The quantitative estimate of drug-likeness (QED) is 0.298. The van der Waals surface area contributed by atoms with Gasteiger partial charge in [0.2, 0.25) is 5.95 Å². The fraction of sp³-hybridized carbons (Fsp3) is 0.143. The molecule has 178 valence electrons. The molecule has 5 aromatic rings. The Labute approximate surface area is 194 Å². The lowest BCUT2D eigenvalue weighted by Gasteiger charge is -2.10. The number of anilines is 3. The molecule has 5 rings (SSSR count). The number of amides is 1. The zero-order valence-electron chi connectivity index (χ0n) is 18.1. The maximum atomic E-state index is 12.7. The first-order chi connectivity index (χ1) is 16.7. The number of aromatic nitrogens is 7. The van der Waals surface area contributed by atoms with Crippen LogP contribution in [0, 0.1) is 6.92 Å². The number of nitrogens with zero attached hydrogens (tertiary/aromatic N) is 6. The first kappa shape index (κ1) is 22.1. The number of hydrogen-bond donors (Lipinski definition) is 4. The van der Waals surface area contributed by atoms with Crippen LogP contribution in [0.3, 0.4) is 0 Å². The fourth-order valence-corrected chi connectivity index (χ4v) is 3.64. The van der Waals surface area contributed by atoms with Crippen molar-refractivity contribution >= 4 is 40.0 Å². The molecule has 5 N–H and O–H groups in total. The summed E-state index contributed by atoms with van der Waals surface area (Å²) in [5.74, 6) is -0.385. The van der Waals surface area contributed by atoms with Crippen molar-refractivity contribution in [2.45, 2.75) is 13.1 Å². The van der Waals surface area contributed by atoms with Crippen molar-refractivity contribution in [2.24, 2.45) is 0 Å². The summed E-state index contributed by atoms with van der Waals surface area (Å²) in [4.78, 5) is 32.3. The van der Waals surface area contributed by atoms with Crippen LogP contribution in [0.15, 0.2) is 43.1 Å². The molecule has 4 heterocycles. The van der Waals surface area contributed by atoms with E-state index in [1.54, 1.807) is 24.3 Å². The first-order valence-corrected chi connectivity index (χ1v) is 10.2. The average molecular weight is 482 g/mol. The molecule has 0 aliphatic carbocycles. The van der Waals surface area contributed by atoms with Crippen molar-refractivity contribution in [3.63, 3.8) is 0 Å². The van der Waals surface area contributed by atoms with Gasteiger partial charge in [-0.3, -0.25) is 4.79 Å². The highest BCUT2D eigenvalue weighted by molar-refractivity contribution is 6.07. The zero-order chi connectivity index (χ0) is 24.7. The summed E-state index contributed by atoms with van der Waals surface area (Å²) in [5.41, 5.74) is 9.77. The smallest absolute Gasteiger partial charge is 0.382 e. The third kappa shape index (κ3) is 4.28. The van der Waals surface area contributed by atoms with Crippen LogP contribution in [0.4, 0.5) is 30.6 Å². The van der Waals surface area contributed by atoms with Gasteiger partial charge in [-0.25, -0.2) is 19.5 Å². The molecule has 4 aromatic heterocycles. The second-order valence-corrected chi connectivity index (χ2v) is 7.60. The normalized spacial score (nSPS) is 11.8. The van der Waals surface area contributed by atoms with E-state index in [2.05, 4.69) is 35.3 Å². The van der Waals surface area contributed by atoms with Crippen LogP contribution in [0.2, 0.25) is 0 Å². The van der Waals surface area contributed by atoms with Gasteiger partial charge in [0.15, 0.2) is 11.5 Å². The van der Waals surface area contributed by atoms with Gasteiger partial charge in [0, 0.05) is 17.4 Å². The number of fused-ring (bicyclic) bond motifs is 2. The van der Waals surface area contributed by atoms with Gasteiger partial charge in [-0.05, 0) is 24.6 Å². The molecular formula is C21H17F3N10O. The molecule has 0 aliphatic rings. The van der Waals surface area contributed by atoms with E-state index in [0.29, 0.717) is 39.4 Å². The molecule has 14 heteroatoms. The van der Waals surface area contributed by atoms with Gasteiger partial charge in [0.05, 0.1) is 11.3 Å². The predicted octanol–water partition coefficient (Wildman–Crippen LogP) is 2.99. The molecule has 0 unspecified atom stereocenters. The number of aryl methyl sites for hydroxylation is 1. The number of nitrogens with two attached hydrogens (primary N) is 1. The van der Waals surface area contributed by atoms with Gasteiger partial charge in [0.25, 0.3) is 5.91 Å². The first-order valence-electron chi connectivity index (χ1n) is 10.2. The number of hydrogen-bond acceptors (Lipinski definition) is 8. The van der Waals surface area contributed by atoms with Crippen molar-refractivity contribution < 1.29 is 18.0 Å². The highest BCUT2D eigenvalue weighted by Crippen LogP contribution is 2.33. The van der Waals surface area contributed by atoms with Crippen LogP contribution in [0.25, 0.3) is 27.8 Å². The number of halogens is 3. The Morgan fingerprint density at radius 3 is 2.63 bits per heavy atom. The van der Waals surface area contributed by atoms with Crippen LogP contribution in [0.5, 0.6) is 0 Å². The number of H-pyrrole nitrogens is 1. The SMILES string of the molecule is Cc1ncnc2nc(Nc3ccc(-c4c(C(=O)NCC(F)(F)F)cn5ncnc(N)c45)cc3)[nH]c12. The Kier molecular flexibility index (Phi) is 5.19. The summed E-state index contributed by atoms with van der Waals surface area (Å²) in [6.07, 6.45) is -0.618. The van der Waals surface area contributed by atoms with Crippen LogP contribution in [-0.2, 0) is 0 Å². The van der Waals surface area contributed by atoms with E-state index in [1.807, 2.05) is 12.2 Å². The average Bonchev–Trinajstić information content (AvgIpc) is 3.41. The Hall–Kier alpha value is -4.75. The lowest BCUT2D eigenvalue weighted by Crippen LogP contribution is -2.33. The third-order valence-corrected chi connectivity index (χ3v) is 5.21. The molecule has 0 atom stereocenters. The number of nitrogen functional groups attached to an aromatic ring is 1. The summed E-state index contributed by atoms with van der Waals surface area (Å²) < 4.78 is 39.3.